The third kappa shape index (κ3) is 2.51. The lowest BCUT2D eigenvalue weighted by atomic mass is 10.0. The molecule has 0 unspecified atom stereocenters. The van der Waals surface area contributed by atoms with Gasteiger partial charge in [-0.25, -0.2) is 0 Å². The Bertz CT molecular complexity index is 875. The molecule has 0 spiro atoms. The van der Waals surface area contributed by atoms with Gasteiger partial charge in [0.15, 0.2) is 0 Å². The summed E-state index contributed by atoms with van der Waals surface area (Å²) in [6, 6.07) is 17.6. The van der Waals surface area contributed by atoms with Crippen molar-refractivity contribution in [2.24, 2.45) is 0 Å². The number of benzene rings is 2. The van der Waals surface area contributed by atoms with Crippen LogP contribution in [-0.4, -0.2) is 16.8 Å². The lowest BCUT2D eigenvalue weighted by Crippen LogP contribution is -2.09. The number of ether oxygens (including phenoxy) is 1. The van der Waals surface area contributed by atoms with Crippen LogP contribution in [-0.2, 0) is 0 Å². The van der Waals surface area contributed by atoms with E-state index in [-0.39, 0.29) is 5.25 Å². The summed E-state index contributed by atoms with van der Waals surface area (Å²) in [7, 11) is 1.65. The zero-order chi connectivity index (χ0) is 16.7. The third-order valence-corrected chi connectivity index (χ3v) is 6.14. The van der Waals surface area contributed by atoms with Gasteiger partial charge in [-0.05, 0) is 42.0 Å². The van der Waals surface area contributed by atoms with E-state index < -0.39 is 6.10 Å². The minimum absolute atomic E-state index is 0.147. The van der Waals surface area contributed by atoms with Crippen LogP contribution in [0.25, 0.3) is 5.69 Å². The molecule has 3 nitrogen and oxygen atoms in total. The summed E-state index contributed by atoms with van der Waals surface area (Å²) in [5, 5.41) is 11.6. The summed E-state index contributed by atoms with van der Waals surface area (Å²) < 4.78 is 7.25. The minimum Gasteiger partial charge on any atom is -0.497 e. The Kier molecular flexibility index (Phi) is 4.04. The molecule has 0 aliphatic carbocycles. The fraction of sp³-hybridized carbons (Fsp3) is 0.158. The Morgan fingerprint density at radius 3 is 2.62 bits per heavy atom. The molecule has 2 aromatic carbocycles. The van der Waals surface area contributed by atoms with Crippen molar-refractivity contribution in [1.29, 1.82) is 0 Å². The molecule has 3 aromatic rings. The van der Waals surface area contributed by atoms with Crippen molar-refractivity contribution in [3.63, 3.8) is 0 Å². The fourth-order valence-corrected chi connectivity index (χ4v) is 4.64. The smallest absolute Gasteiger partial charge is 0.118 e. The Morgan fingerprint density at radius 1 is 1.08 bits per heavy atom. The van der Waals surface area contributed by atoms with Gasteiger partial charge in [-0.1, -0.05) is 29.8 Å². The molecule has 0 saturated carbocycles. The second-order valence-corrected chi connectivity index (χ2v) is 7.21. The van der Waals surface area contributed by atoms with Crippen molar-refractivity contribution >= 4 is 23.4 Å². The van der Waals surface area contributed by atoms with Crippen molar-refractivity contribution in [2.45, 2.75) is 16.2 Å². The van der Waals surface area contributed by atoms with E-state index in [1.54, 1.807) is 18.9 Å². The van der Waals surface area contributed by atoms with Gasteiger partial charge in [0.05, 0.1) is 33.7 Å². The van der Waals surface area contributed by atoms with E-state index in [0.29, 0.717) is 5.02 Å². The van der Waals surface area contributed by atoms with Gasteiger partial charge in [-0.2, -0.15) is 0 Å². The van der Waals surface area contributed by atoms with E-state index in [0.717, 1.165) is 27.6 Å². The SMILES string of the molecule is COc1ccc([C@H]2Sc3c(Cl)cccc3-n3cccc3[C@H]2O)cc1. The maximum atomic E-state index is 11.0. The molecule has 0 saturated heterocycles. The molecular weight excluding hydrogens is 342 g/mol. The second kappa shape index (κ2) is 6.20. The molecule has 0 fully saturated rings. The average molecular weight is 358 g/mol. The molecule has 1 N–H and O–H groups in total. The van der Waals surface area contributed by atoms with E-state index in [2.05, 4.69) is 0 Å². The van der Waals surface area contributed by atoms with Crippen molar-refractivity contribution in [1.82, 2.24) is 4.57 Å². The number of methoxy groups -OCH3 is 1. The van der Waals surface area contributed by atoms with Crippen LogP contribution in [0.2, 0.25) is 5.02 Å². The summed E-state index contributed by atoms with van der Waals surface area (Å²) >= 11 is 8.06. The zero-order valence-electron chi connectivity index (χ0n) is 13.0. The van der Waals surface area contributed by atoms with Gasteiger partial charge in [0.1, 0.15) is 11.9 Å². The van der Waals surface area contributed by atoms with Gasteiger partial charge < -0.3 is 14.4 Å². The summed E-state index contributed by atoms with van der Waals surface area (Å²) in [6.45, 7) is 0. The number of hydrogen-bond acceptors (Lipinski definition) is 3. The van der Waals surface area contributed by atoms with Gasteiger partial charge in [0.25, 0.3) is 0 Å². The van der Waals surface area contributed by atoms with E-state index in [1.165, 1.54) is 0 Å². The number of nitrogens with zero attached hydrogens (tertiary/aromatic N) is 1. The lowest BCUT2D eigenvalue weighted by Gasteiger charge is -2.21. The number of thioether (sulfide) groups is 1. The highest BCUT2D eigenvalue weighted by atomic mass is 35.5. The zero-order valence-corrected chi connectivity index (χ0v) is 14.6. The molecule has 4 rings (SSSR count). The van der Waals surface area contributed by atoms with Crippen LogP contribution in [0.15, 0.2) is 65.7 Å². The van der Waals surface area contributed by atoms with Crippen LogP contribution in [0.1, 0.15) is 22.6 Å². The molecule has 0 radical (unpaired) electrons. The van der Waals surface area contributed by atoms with Crippen molar-refractivity contribution in [3.8, 4) is 11.4 Å². The molecule has 0 amide bonds. The van der Waals surface area contributed by atoms with Crippen molar-refractivity contribution < 1.29 is 9.84 Å². The molecule has 0 bridgehead atoms. The Morgan fingerprint density at radius 2 is 1.88 bits per heavy atom. The number of aromatic nitrogens is 1. The van der Waals surface area contributed by atoms with E-state index in [9.17, 15) is 5.11 Å². The van der Waals surface area contributed by atoms with Crippen LogP contribution >= 0.6 is 23.4 Å². The summed E-state index contributed by atoms with van der Waals surface area (Å²) in [5.41, 5.74) is 2.90. The highest BCUT2D eigenvalue weighted by molar-refractivity contribution is 7.99. The Balaban J connectivity index is 1.86. The largest absolute Gasteiger partial charge is 0.497 e. The molecular formula is C19H16ClNO2S. The van der Waals surface area contributed by atoms with Crippen LogP contribution in [0, 0.1) is 0 Å². The first-order valence-electron chi connectivity index (χ1n) is 7.64. The standard InChI is InChI=1S/C19H16ClNO2S/c1-23-13-9-7-12(8-10-13)18-17(22)15-6-3-11-21(15)16-5-2-4-14(20)19(16)24-18/h2-11,17-18,22H,1H3/t17-,18-/m1/s1. The molecule has 24 heavy (non-hydrogen) atoms. The summed E-state index contributed by atoms with van der Waals surface area (Å²) in [4.78, 5) is 0.981. The van der Waals surface area contributed by atoms with Crippen LogP contribution in [0.5, 0.6) is 5.75 Å². The lowest BCUT2D eigenvalue weighted by molar-refractivity contribution is 0.169. The van der Waals surface area contributed by atoms with E-state index in [4.69, 9.17) is 16.3 Å². The van der Waals surface area contributed by atoms with Crippen molar-refractivity contribution in [2.75, 3.05) is 7.11 Å². The maximum absolute atomic E-state index is 11.0. The average Bonchev–Trinajstić information content (AvgIpc) is 3.06. The molecule has 1 aliphatic rings. The van der Waals surface area contributed by atoms with Crippen LogP contribution in [0.4, 0.5) is 0 Å². The topological polar surface area (TPSA) is 34.4 Å². The third-order valence-electron chi connectivity index (χ3n) is 4.26. The Hall–Kier alpha value is -1.88. The quantitative estimate of drug-likeness (QED) is 0.699. The predicted molar refractivity (Wildman–Crippen MR) is 97.3 cm³/mol. The van der Waals surface area contributed by atoms with Gasteiger partial charge in [-0.15, -0.1) is 11.8 Å². The van der Waals surface area contributed by atoms with Gasteiger partial charge in [0, 0.05) is 6.20 Å². The summed E-state index contributed by atoms with van der Waals surface area (Å²) in [6.07, 6.45) is 1.33. The van der Waals surface area contributed by atoms with E-state index >= 15 is 0 Å². The summed E-state index contributed by atoms with van der Waals surface area (Å²) in [5.74, 6) is 0.800. The van der Waals surface area contributed by atoms with Gasteiger partial charge >= 0.3 is 0 Å². The van der Waals surface area contributed by atoms with Crippen LogP contribution in [0.3, 0.4) is 0 Å². The first-order chi connectivity index (χ1) is 11.7. The highest BCUT2D eigenvalue weighted by Crippen LogP contribution is 2.51. The number of aliphatic hydroxyl groups excluding tert-OH is 1. The van der Waals surface area contributed by atoms with Crippen molar-refractivity contribution in [3.05, 3.63) is 77.1 Å². The molecule has 122 valence electrons. The van der Waals surface area contributed by atoms with Gasteiger partial charge in [0.2, 0.25) is 0 Å². The normalized spacial score (nSPS) is 19.3. The Labute approximate surface area is 149 Å². The maximum Gasteiger partial charge on any atom is 0.118 e. The number of hydrogen-bond donors (Lipinski definition) is 1. The number of fused-ring (bicyclic) bond motifs is 3. The molecule has 1 aromatic heterocycles. The predicted octanol–water partition coefficient (Wildman–Crippen LogP) is 5.02. The molecule has 1 aliphatic heterocycles. The monoisotopic (exact) mass is 357 g/mol. The molecule has 5 heteroatoms. The second-order valence-electron chi connectivity index (χ2n) is 5.65. The number of aliphatic hydroxyl groups is 1. The highest BCUT2D eigenvalue weighted by Gasteiger charge is 2.31. The van der Waals surface area contributed by atoms with E-state index in [1.807, 2.05) is 65.4 Å². The fourth-order valence-electron chi connectivity index (χ4n) is 3.05. The molecule has 2 atom stereocenters. The van der Waals surface area contributed by atoms with Crippen LogP contribution < -0.4 is 4.74 Å². The first kappa shape index (κ1) is 15.6. The van der Waals surface area contributed by atoms with Gasteiger partial charge in [-0.3, -0.25) is 0 Å². The number of rotatable bonds is 2. The first-order valence-corrected chi connectivity index (χ1v) is 8.89. The molecule has 2 heterocycles. The minimum atomic E-state index is -0.637. The number of halogens is 1.